The van der Waals surface area contributed by atoms with Gasteiger partial charge in [-0.15, -0.1) is 0 Å². The van der Waals surface area contributed by atoms with Crippen molar-refractivity contribution in [2.75, 3.05) is 25.1 Å². The molecule has 3 N–H and O–H groups in total. The molecule has 2 aromatic carbocycles. The fraction of sp³-hybridized carbons (Fsp3) is 0.345. The van der Waals surface area contributed by atoms with Crippen LogP contribution in [0.15, 0.2) is 55.0 Å². The lowest BCUT2D eigenvalue weighted by molar-refractivity contribution is 0.186. The average molecular weight is 495 g/mol. The normalized spacial score (nSPS) is 18.0. The Morgan fingerprint density at radius 3 is 2.78 bits per heavy atom. The van der Waals surface area contributed by atoms with E-state index in [-0.39, 0.29) is 18.1 Å². The Morgan fingerprint density at radius 1 is 1.16 bits per heavy atom. The van der Waals surface area contributed by atoms with Crippen LogP contribution in [0.3, 0.4) is 0 Å². The molecule has 0 radical (unpaired) electrons. The summed E-state index contributed by atoms with van der Waals surface area (Å²) in [6.45, 7) is 1.95. The number of anilines is 1. The van der Waals surface area contributed by atoms with E-state index >= 15 is 0 Å². The van der Waals surface area contributed by atoms with Gasteiger partial charge in [0.2, 0.25) is 0 Å². The van der Waals surface area contributed by atoms with Gasteiger partial charge in [-0.2, -0.15) is 0 Å². The van der Waals surface area contributed by atoms with Gasteiger partial charge in [-0.25, -0.2) is 15.0 Å². The van der Waals surface area contributed by atoms with E-state index in [1.54, 1.807) is 19.6 Å². The number of aromatic nitrogens is 4. The van der Waals surface area contributed by atoms with Crippen molar-refractivity contribution in [1.29, 1.82) is 0 Å². The molecule has 2 aliphatic rings. The fourth-order valence-corrected chi connectivity index (χ4v) is 5.83. The van der Waals surface area contributed by atoms with E-state index < -0.39 is 0 Å². The number of hydrogen-bond donors (Lipinski definition) is 2. The molecule has 1 aliphatic heterocycles. The van der Waals surface area contributed by atoms with E-state index in [9.17, 15) is 5.11 Å². The Hall–Kier alpha value is -3.93. The lowest BCUT2D eigenvalue weighted by Crippen LogP contribution is -2.45. The van der Waals surface area contributed by atoms with Crippen molar-refractivity contribution in [3.63, 3.8) is 0 Å². The van der Waals surface area contributed by atoms with Crippen LogP contribution in [-0.4, -0.2) is 44.8 Å². The van der Waals surface area contributed by atoms with Gasteiger partial charge in [0.25, 0.3) is 0 Å². The van der Waals surface area contributed by atoms with Crippen LogP contribution in [0.2, 0.25) is 0 Å². The zero-order valence-electron chi connectivity index (χ0n) is 20.9. The molecule has 37 heavy (non-hydrogen) atoms. The quantitative estimate of drug-likeness (QED) is 0.420. The second-order valence-electron chi connectivity index (χ2n) is 9.92. The highest BCUT2D eigenvalue weighted by Crippen LogP contribution is 2.51. The number of nitrogens with zero attached hydrogens (tertiary/aromatic N) is 5. The standard InChI is InChI=1S/C29H30N6O2/c1-37-22-8-9-24-26(15-22)35(19-32-24)12-4-6-21-17-31-28(25(18-36)33-21)34-13-10-29(11-14-34)16-20-5-2-3-7-23(20)27(29)30/h2-3,5,7-9,15,17,19,27,36H,10-14,16,18,30H2,1H3/t27-/m1/s1. The summed E-state index contributed by atoms with van der Waals surface area (Å²) in [5.41, 5.74) is 12.4. The number of imidazole rings is 1. The maximum absolute atomic E-state index is 10.1. The van der Waals surface area contributed by atoms with Gasteiger partial charge in [0.1, 0.15) is 17.1 Å². The summed E-state index contributed by atoms with van der Waals surface area (Å²) in [6, 6.07) is 14.4. The van der Waals surface area contributed by atoms with E-state index in [1.165, 1.54) is 11.1 Å². The molecule has 1 atom stereocenters. The molecule has 6 rings (SSSR count). The zero-order chi connectivity index (χ0) is 25.4. The number of benzene rings is 2. The second-order valence-corrected chi connectivity index (χ2v) is 9.92. The Balaban J connectivity index is 1.15. The first-order valence-electron chi connectivity index (χ1n) is 12.6. The van der Waals surface area contributed by atoms with Crippen LogP contribution in [0.4, 0.5) is 5.82 Å². The molecule has 3 heterocycles. The summed E-state index contributed by atoms with van der Waals surface area (Å²) in [4.78, 5) is 15.9. The Bertz CT molecular complexity index is 1510. The molecular weight excluding hydrogens is 464 g/mol. The maximum Gasteiger partial charge on any atom is 0.152 e. The highest BCUT2D eigenvalue weighted by Gasteiger charge is 2.46. The van der Waals surface area contributed by atoms with Crippen molar-refractivity contribution in [2.24, 2.45) is 11.1 Å². The monoisotopic (exact) mass is 494 g/mol. The SMILES string of the molecule is COc1ccc2ncn(CC#Cc3cnc(N4CCC5(CC4)Cc4ccccc4[C@H]5N)c(CO)n3)c2c1. The predicted octanol–water partition coefficient (Wildman–Crippen LogP) is 3.22. The molecule has 1 spiro atoms. The van der Waals surface area contributed by atoms with Crippen molar-refractivity contribution in [3.05, 3.63) is 77.5 Å². The number of fused-ring (bicyclic) bond motifs is 2. The van der Waals surface area contributed by atoms with Gasteiger partial charge in [-0.1, -0.05) is 30.2 Å². The minimum Gasteiger partial charge on any atom is -0.497 e. The smallest absolute Gasteiger partial charge is 0.152 e. The van der Waals surface area contributed by atoms with Crippen LogP contribution in [0.5, 0.6) is 5.75 Å². The fourth-order valence-electron chi connectivity index (χ4n) is 5.83. The molecule has 0 unspecified atom stereocenters. The first-order valence-corrected chi connectivity index (χ1v) is 12.6. The van der Waals surface area contributed by atoms with Gasteiger partial charge in [-0.05, 0) is 53.9 Å². The van der Waals surface area contributed by atoms with E-state index in [2.05, 4.69) is 56.0 Å². The van der Waals surface area contributed by atoms with E-state index in [4.69, 9.17) is 10.5 Å². The van der Waals surface area contributed by atoms with E-state index in [1.807, 2.05) is 22.8 Å². The first-order chi connectivity index (χ1) is 18.1. The van der Waals surface area contributed by atoms with E-state index in [0.29, 0.717) is 17.9 Å². The number of nitrogens with two attached hydrogens (primary N) is 1. The van der Waals surface area contributed by atoms with Gasteiger partial charge in [0.05, 0.1) is 43.8 Å². The topological polar surface area (TPSA) is 102 Å². The Morgan fingerprint density at radius 2 is 2.00 bits per heavy atom. The van der Waals surface area contributed by atoms with Crippen molar-refractivity contribution in [1.82, 2.24) is 19.5 Å². The molecule has 4 aromatic rings. The number of aliphatic hydroxyl groups is 1. The summed E-state index contributed by atoms with van der Waals surface area (Å²) in [5.74, 6) is 7.75. The van der Waals surface area contributed by atoms with E-state index in [0.717, 1.165) is 55.0 Å². The largest absolute Gasteiger partial charge is 0.497 e. The molecule has 1 fully saturated rings. The summed E-state index contributed by atoms with van der Waals surface area (Å²) in [6.07, 6.45) is 6.47. The third-order valence-corrected chi connectivity index (χ3v) is 7.92. The van der Waals surface area contributed by atoms with Gasteiger partial charge in [0, 0.05) is 25.2 Å². The van der Waals surface area contributed by atoms with Crippen LogP contribution < -0.4 is 15.4 Å². The highest BCUT2D eigenvalue weighted by atomic mass is 16.5. The zero-order valence-corrected chi connectivity index (χ0v) is 20.9. The van der Waals surface area contributed by atoms with Crippen LogP contribution in [-0.2, 0) is 19.6 Å². The van der Waals surface area contributed by atoms with Crippen LogP contribution in [0, 0.1) is 17.3 Å². The van der Waals surface area contributed by atoms with Crippen molar-refractivity contribution >= 4 is 16.9 Å². The molecule has 0 saturated carbocycles. The predicted molar refractivity (Wildman–Crippen MR) is 142 cm³/mol. The molecular formula is C29H30N6O2. The van der Waals surface area contributed by atoms with Crippen molar-refractivity contribution in [3.8, 4) is 17.6 Å². The van der Waals surface area contributed by atoms with Gasteiger partial charge < -0.3 is 25.0 Å². The summed E-state index contributed by atoms with van der Waals surface area (Å²) >= 11 is 0. The van der Waals surface area contributed by atoms with Gasteiger partial charge in [-0.3, -0.25) is 0 Å². The lowest BCUT2D eigenvalue weighted by Gasteiger charge is -2.42. The van der Waals surface area contributed by atoms with Crippen LogP contribution >= 0.6 is 0 Å². The molecule has 8 nitrogen and oxygen atoms in total. The van der Waals surface area contributed by atoms with Gasteiger partial charge >= 0.3 is 0 Å². The Kier molecular flexibility index (Phi) is 6.03. The second kappa shape index (κ2) is 9.51. The van der Waals surface area contributed by atoms with Crippen molar-refractivity contribution in [2.45, 2.75) is 38.5 Å². The number of ether oxygens (including phenoxy) is 1. The molecule has 8 heteroatoms. The minimum absolute atomic E-state index is 0.0700. The number of methoxy groups -OCH3 is 1. The Labute approximate surface area is 216 Å². The van der Waals surface area contributed by atoms with Crippen LogP contribution in [0.25, 0.3) is 11.0 Å². The summed E-state index contributed by atoms with van der Waals surface area (Å²) in [5, 5.41) is 10.1. The third-order valence-electron chi connectivity index (χ3n) is 7.92. The summed E-state index contributed by atoms with van der Waals surface area (Å²) in [7, 11) is 1.65. The highest BCUT2D eigenvalue weighted by molar-refractivity contribution is 5.77. The maximum atomic E-state index is 10.1. The minimum atomic E-state index is -0.184. The average Bonchev–Trinajstić information content (AvgIpc) is 3.47. The number of aliphatic hydroxyl groups excluding tert-OH is 1. The first kappa shape index (κ1) is 23.5. The third kappa shape index (κ3) is 4.20. The number of rotatable bonds is 4. The lowest BCUT2D eigenvalue weighted by atomic mass is 9.73. The van der Waals surface area contributed by atoms with Crippen molar-refractivity contribution < 1.29 is 9.84 Å². The number of hydrogen-bond acceptors (Lipinski definition) is 7. The number of piperidine rings is 1. The molecule has 0 amide bonds. The van der Waals surface area contributed by atoms with Crippen LogP contribution in [0.1, 0.15) is 41.4 Å². The molecule has 1 saturated heterocycles. The molecule has 0 bridgehead atoms. The summed E-state index contributed by atoms with van der Waals surface area (Å²) < 4.78 is 7.29. The molecule has 2 aromatic heterocycles. The molecule has 188 valence electrons. The molecule has 1 aliphatic carbocycles. The van der Waals surface area contributed by atoms with Gasteiger partial charge in [0.15, 0.2) is 5.82 Å².